The Balaban J connectivity index is 4.22. The molecule has 0 bridgehead atoms. The zero-order valence-electron chi connectivity index (χ0n) is 40.2. The van der Waals surface area contributed by atoms with Crippen LogP contribution in [-0.2, 0) is 23.9 Å². The van der Waals surface area contributed by atoms with Crippen molar-refractivity contribution in [2.45, 2.75) is 296 Å². The Hall–Kier alpha value is -2.16. The lowest BCUT2D eigenvalue weighted by Crippen LogP contribution is -2.47. The fourth-order valence-electron chi connectivity index (χ4n) is 8.31. The second-order valence-corrected chi connectivity index (χ2v) is 18.3. The topological polar surface area (TPSA) is 142 Å². The number of hydrogen-bond acceptors (Lipinski definition) is 6. The molecule has 0 radical (unpaired) electrons. The van der Waals surface area contributed by atoms with E-state index in [9.17, 15) is 19.2 Å². The first kappa shape index (κ1) is 58.8. The van der Waals surface area contributed by atoms with Crippen LogP contribution in [0.3, 0.4) is 0 Å². The molecule has 0 saturated carbocycles. The lowest BCUT2D eigenvalue weighted by Gasteiger charge is -2.18. The number of nitrogens with one attached hydrogen (secondary N) is 2. The molecule has 0 aliphatic heterocycles. The Morgan fingerprint density at radius 2 is 0.738 bits per heavy atom. The number of aliphatic hydroxyl groups excluding tert-OH is 1. The number of unbranched alkanes of at least 4 members (excludes halogenated alkanes) is 35. The maximum Gasteiger partial charge on any atom is 0.328 e. The molecule has 0 aromatic rings. The highest BCUT2D eigenvalue weighted by atomic mass is 16.5. The van der Waals surface area contributed by atoms with E-state index in [1.165, 1.54) is 193 Å². The molecular weight excluding hydrogens is 765 g/mol. The molecule has 0 fully saturated rings. The summed E-state index contributed by atoms with van der Waals surface area (Å²) in [4.78, 5) is 47.8. The molecule has 4 N–H and O–H groups in total. The monoisotopic (exact) mass is 865 g/mol. The molecule has 0 rings (SSSR count). The van der Waals surface area contributed by atoms with Gasteiger partial charge in [-0.1, -0.05) is 232 Å². The van der Waals surface area contributed by atoms with E-state index in [2.05, 4.69) is 24.5 Å². The highest BCUT2D eigenvalue weighted by Crippen LogP contribution is 2.20. The van der Waals surface area contributed by atoms with Gasteiger partial charge in [-0.2, -0.15) is 0 Å². The highest BCUT2D eigenvalue weighted by Gasteiger charge is 2.19. The molecule has 0 aromatic carbocycles. The summed E-state index contributed by atoms with van der Waals surface area (Å²) in [5, 5.41) is 22.6. The normalized spacial score (nSPS) is 12.3. The molecule has 2 atom stereocenters. The van der Waals surface area contributed by atoms with Gasteiger partial charge in [-0.3, -0.25) is 14.4 Å². The fourth-order valence-corrected chi connectivity index (χ4v) is 8.31. The summed E-state index contributed by atoms with van der Waals surface area (Å²) in [5.74, 6) is -2.26. The number of carbonyl (C=O) groups is 4. The molecule has 2 unspecified atom stereocenters. The van der Waals surface area contributed by atoms with E-state index in [0.29, 0.717) is 19.3 Å². The van der Waals surface area contributed by atoms with Crippen LogP contribution in [0.25, 0.3) is 0 Å². The van der Waals surface area contributed by atoms with Gasteiger partial charge >= 0.3 is 11.9 Å². The Morgan fingerprint density at radius 1 is 0.426 bits per heavy atom. The SMILES string of the molecule is CCCCCCCCCCCCCCCCCCCCCC(=O)OC(CCCCCCCCCCCCCCCC)CCCCCCCC(=O)NCC(=O)NC(CO)C(=O)O. The summed E-state index contributed by atoms with van der Waals surface area (Å²) in [5.41, 5.74) is 0. The lowest BCUT2D eigenvalue weighted by atomic mass is 10.0. The van der Waals surface area contributed by atoms with Gasteiger partial charge < -0.3 is 25.6 Å². The summed E-state index contributed by atoms with van der Waals surface area (Å²) in [6.45, 7) is 3.53. The van der Waals surface area contributed by atoms with Crippen molar-refractivity contribution in [1.82, 2.24) is 10.6 Å². The third-order valence-corrected chi connectivity index (χ3v) is 12.4. The van der Waals surface area contributed by atoms with Crippen LogP contribution >= 0.6 is 0 Å². The number of aliphatic hydroxyl groups is 1. The van der Waals surface area contributed by atoms with Gasteiger partial charge in [0.25, 0.3) is 0 Å². The van der Waals surface area contributed by atoms with Gasteiger partial charge in [0.2, 0.25) is 11.8 Å². The van der Waals surface area contributed by atoms with Gasteiger partial charge in [0.1, 0.15) is 12.1 Å². The molecule has 0 spiro atoms. The third kappa shape index (κ3) is 44.3. The Bertz CT molecular complexity index is 993. The van der Waals surface area contributed by atoms with Crippen LogP contribution in [0.4, 0.5) is 0 Å². The van der Waals surface area contributed by atoms with Crippen LogP contribution in [0.15, 0.2) is 0 Å². The molecule has 9 nitrogen and oxygen atoms in total. The molecule has 2 amide bonds. The number of carboxylic acid groups (broad SMARTS) is 1. The minimum atomic E-state index is -1.38. The molecule has 0 aliphatic rings. The first-order chi connectivity index (χ1) is 29.8. The van der Waals surface area contributed by atoms with Crippen molar-refractivity contribution >= 4 is 23.8 Å². The summed E-state index contributed by atoms with van der Waals surface area (Å²) < 4.78 is 6.08. The predicted molar refractivity (Wildman–Crippen MR) is 255 cm³/mol. The van der Waals surface area contributed by atoms with Gasteiger partial charge in [0.15, 0.2) is 0 Å². The molecule has 360 valence electrons. The number of carbonyl (C=O) groups excluding carboxylic acids is 3. The van der Waals surface area contributed by atoms with Crippen molar-refractivity contribution in [3.05, 3.63) is 0 Å². The number of ether oxygens (including phenoxy) is 1. The average Bonchev–Trinajstić information content (AvgIpc) is 3.25. The van der Waals surface area contributed by atoms with Crippen LogP contribution in [0, 0.1) is 0 Å². The summed E-state index contributed by atoms with van der Waals surface area (Å²) in [7, 11) is 0. The van der Waals surface area contributed by atoms with Gasteiger partial charge in [-0.05, 0) is 38.5 Å². The smallest absolute Gasteiger partial charge is 0.328 e. The van der Waals surface area contributed by atoms with Crippen LogP contribution in [-0.4, -0.2) is 59.3 Å². The van der Waals surface area contributed by atoms with Crippen LogP contribution in [0.2, 0.25) is 0 Å². The van der Waals surface area contributed by atoms with E-state index >= 15 is 0 Å². The van der Waals surface area contributed by atoms with E-state index in [-0.39, 0.29) is 24.5 Å². The van der Waals surface area contributed by atoms with Crippen LogP contribution in [0.5, 0.6) is 0 Å². The summed E-state index contributed by atoms with van der Waals surface area (Å²) in [6, 6.07) is -1.38. The van der Waals surface area contributed by atoms with E-state index in [0.717, 1.165) is 57.8 Å². The Kier molecular flexibility index (Phi) is 45.6. The lowest BCUT2D eigenvalue weighted by molar-refractivity contribution is -0.150. The van der Waals surface area contributed by atoms with E-state index in [1.807, 2.05) is 0 Å². The van der Waals surface area contributed by atoms with Crippen molar-refractivity contribution in [3.63, 3.8) is 0 Å². The van der Waals surface area contributed by atoms with E-state index < -0.39 is 24.5 Å². The zero-order chi connectivity index (χ0) is 44.7. The second kappa shape index (κ2) is 47.3. The first-order valence-corrected chi connectivity index (χ1v) is 26.4. The molecule has 0 heterocycles. The third-order valence-electron chi connectivity index (χ3n) is 12.4. The number of aliphatic carboxylic acids is 1. The average molecular weight is 865 g/mol. The number of rotatable bonds is 49. The Morgan fingerprint density at radius 3 is 1.07 bits per heavy atom. The number of esters is 1. The van der Waals surface area contributed by atoms with Crippen LogP contribution < -0.4 is 10.6 Å². The highest BCUT2D eigenvalue weighted by molar-refractivity contribution is 5.87. The number of hydrogen-bond donors (Lipinski definition) is 4. The zero-order valence-corrected chi connectivity index (χ0v) is 40.2. The quantitative estimate of drug-likeness (QED) is 0.0352. The number of carboxylic acids is 1. The largest absolute Gasteiger partial charge is 0.480 e. The van der Waals surface area contributed by atoms with Crippen molar-refractivity contribution in [3.8, 4) is 0 Å². The molecular formula is C52H100N2O7. The van der Waals surface area contributed by atoms with Crippen molar-refractivity contribution in [2.24, 2.45) is 0 Å². The molecule has 0 aliphatic carbocycles. The Labute approximate surface area is 376 Å². The maximum atomic E-state index is 12.9. The van der Waals surface area contributed by atoms with Gasteiger partial charge in [0, 0.05) is 12.8 Å². The number of amides is 2. The van der Waals surface area contributed by atoms with Gasteiger partial charge in [0.05, 0.1) is 13.2 Å². The second-order valence-electron chi connectivity index (χ2n) is 18.3. The predicted octanol–water partition coefficient (Wildman–Crippen LogP) is 14.0. The standard InChI is InChI=1S/C52H100N2O7/c1-3-5-7-9-11-13-15-17-19-20-21-22-23-25-27-29-31-36-40-44-51(58)61-47(41-37-33-30-28-26-24-18-16-14-12-10-8-6-4-2)42-38-34-32-35-39-43-49(56)53-45-50(57)54-48(46-55)52(59)60/h47-48,55H,3-46H2,1-2H3,(H,53,56)(H,54,57)(H,59,60). The van der Waals surface area contributed by atoms with Gasteiger partial charge in [-0.25, -0.2) is 4.79 Å². The van der Waals surface area contributed by atoms with E-state index in [1.54, 1.807) is 0 Å². The molecule has 0 saturated heterocycles. The van der Waals surface area contributed by atoms with Crippen molar-refractivity contribution in [2.75, 3.05) is 13.2 Å². The van der Waals surface area contributed by atoms with E-state index in [4.69, 9.17) is 14.9 Å². The molecule has 0 aromatic heterocycles. The maximum absolute atomic E-state index is 12.9. The first-order valence-electron chi connectivity index (χ1n) is 26.4. The molecule has 61 heavy (non-hydrogen) atoms. The summed E-state index contributed by atoms with van der Waals surface area (Å²) >= 11 is 0. The fraction of sp³-hybridized carbons (Fsp3) is 0.923. The van der Waals surface area contributed by atoms with Crippen molar-refractivity contribution in [1.29, 1.82) is 0 Å². The van der Waals surface area contributed by atoms with Crippen LogP contribution in [0.1, 0.15) is 284 Å². The molecule has 9 heteroatoms. The van der Waals surface area contributed by atoms with Gasteiger partial charge in [-0.15, -0.1) is 0 Å². The minimum Gasteiger partial charge on any atom is -0.480 e. The summed E-state index contributed by atoms with van der Waals surface area (Å²) in [6.07, 6.45) is 51.4. The van der Waals surface area contributed by atoms with Crippen molar-refractivity contribution < 1.29 is 34.1 Å². The minimum absolute atomic E-state index is 0.00590.